The first kappa shape index (κ1) is 11.7. The van der Waals surface area contributed by atoms with E-state index in [0.29, 0.717) is 5.70 Å². The van der Waals surface area contributed by atoms with E-state index in [1.165, 1.54) is 12.3 Å². The molecule has 0 saturated carbocycles. The minimum atomic E-state index is -0.606. The molecule has 0 aromatic heterocycles. The predicted octanol–water partition coefficient (Wildman–Crippen LogP) is 1.85. The summed E-state index contributed by atoms with van der Waals surface area (Å²) in [5, 5.41) is 0. The van der Waals surface area contributed by atoms with E-state index < -0.39 is 11.7 Å². The van der Waals surface area contributed by atoms with E-state index >= 15 is 0 Å². The van der Waals surface area contributed by atoms with Crippen LogP contribution in [0.3, 0.4) is 0 Å². The van der Waals surface area contributed by atoms with E-state index in [1.807, 2.05) is 0 Å². The Morgan fingerprint density at radius 3 is 2.38 bits per heavy atom. The Kier molecular flexibility index (Phi) is 4.17. The molecule has 0 aromatic rings. The van der Waals surface area contributed by atoms with E-state index in [-0.39, 0.29) is 0 Å². The first-order valence-electron chi connectivity index (χ1n) is 4.00. The van der Waals surface area contributed by atoms with Crippen molar-refractivity contribution in [2.75, 3.05) is 0 Å². The summed E-state index contributed by atoms with van der Waals surface area (Å²) in [5.74, 6) is 0. The average molecular weight is 184 g/mol. The molecule has 0 saturated heterocycles. The molecule has 0 rings (SSSR count). The van der Waals surface area contributed by atoms with Crippen molar-refractivity contribution in [2.24, 2.45) is 10.7 Å². The summed E-state index contributed by atoms with van der Waals surface area (Å²) >= 11 is 0. The van der Waals surface area contributed by atoms with Crippen LogP contribution < -0.4 is 5.73 Å². The van der Waals surface area contributed by atoms with Gasteiger partial charge < -0.3 is 10.5 Å². The second kappa shape index (κ2) is 4.64. The Hall–Kier alpha value is -1.32. The average Bonchev–Trinajstić information content (AvgIpc) is 1.81. The fourth-order valence-corrected chi connectivity index (χ4v) is 0.504. The van der Waals surface area contributed by atoms with Crippen molar-refractivity contribution in [3.8, 4) is 0 Å². The summed E-state index contributed by atoms with van der Waals surface area (Å²) in [5.41, 5.74) is 5.41. The van der Waals surface area contributed by atoms with Gasteiger partial charge in [-0.05, 0) is 33.8 Å². The number of nitrogens with two attached hydrogens (primary N) is 1. The summed E-state index contributed by atoms with van der Waals surface area (Å²) < 4.78 is 4.91. The van der Waals surface area contributed by atoms with Crippen molar-refractivity contribution in [3.05, 3.63) is 11.8 Å². The molecule has 0 spiro atoms. The van der Waals surface area contributed by atoms with Gasteiger partial charge >= 0.3 is 6.09 Å². The molecule has 74 valence electrons. The highest BCUT2D eigenvalue weighted by Crippen LogP contribution is 2.07. The van der Waals surface area contributed by atoms with E-state index in [0.717, 1.165) is 0 Å². The standard InChI is InChI=1S/C9H16N2O2/c1-7(10)5-6-11-8(12)13-9(2,3)4/h5-6H,10H2,1-4H3/b7-5-,11-6+. The van der Waals surface area contributed by atoms with Gasteiger partial charge in [-0.1, -0.05) is 0 Å². The number of rotatable bonds is 1. The van der Waals surface area contributed by atoms with Crippen molar-refractivity contribution in [1.29, 1.82) is 0 Å². The molecule has 1 amide bonds. The maximum atomic E-state index is 10.9. The van der Waals surface area contributed by atoms with Gasteiger partial charge in [0.05, 0.1) is 0 Å². The first-order chi connectivity index (χ1) is 5.81. The normalized spacial score (nSPS) is 13.4. The Labute approximate surface area is 78.5 Å². The molecule has 0 aliphatic rings. The van der Waals surface area contributed by atoms with Crippen LogP contribution in [0.15, 0.2) is 16.8 Å². The fourth-order valence-electron chi connectivity index (χ4n) is 0.504. The molecule has 0 aliphatic carbocycles. The highest BCUT2D eigenvalue weighted by molar-refractivity contribution is 5.84. The Morgan fingerprint density at radius 2 is 2.00 bits per heavy atom. The zero-order valence-electron chi connectivity index (χ0n) is 8.50. The van der Waals surface area contributed by atoms with Crippen LogP contribution in [-0.4, -0.2) is 17.9 Å². The number of amides is 1. The summed E-state index contributed by atoms with van der Waals surface area (Å²) in [6, 6.07) is 0. The number of hydrogen-bond donors (Lipinski definition) is 1. The molecular weight excluding hydrogens is 168 g/mol. The predicted molar refractivity (Wildman–Crippen MR) is 52.7 cm³/mol. The number of nitrogens with zero attached hydrogens (tertiary/aromatic N) is 1. The van der Waals surface area contributed by atoms with Crippen molar-refractivity contribution in [1.82, 2.24) is 0 Å². The number of ether oxygens (including phenoxy) is 1. The van der Waals surface area contributed by atoms with Crippen molar-refractivity contribution in [2.45, 2.75) is 33.3 Å². The van der Waals surface area contributed by atoms with Crippen molar-refractivity contribution in [3.63, 3.8) is 0 Å². The lowest BCUT2D eigenvalue weighted by Gasteiger charge is -2.16. The van der Waals surface area contributed by atoms with Gasteiger partial charge in [-0.3, -0.25) is 0 Å². The van der Waals surface area contributed by atoms with Crippen LogP contribution in [0.2, 0.25) is 0 Å². The van der Waals surface area contributed by atoms with E-state index in [1.54, 1.807) is 27.7 Å². The van der Waals surface area contributed by atoms with Gasteiger partial charge in [0.25, 0.3) is 0 Å². The lowest BCUT2D eigenvalue weighted by molar-refractivity contribution is 0.0605. The molecule has 13 heavy (non-hydrogen) atoms. The minimum absolute atomic E-state index is 0.504. The molecule has 4 heteroatoms. The topological polar surface area (TPSA) is 64.7 Å². The van der Waals surface area contributed by atoms with Gasteiger partial charge in [0, 0.05) is 11.9 Å². The van der Waals surface area contributed by atoms with Crippen molar-refractivity contribution >= 4 is 12.3 Å². The van der Waals surface area contributed by atoms with Gasteiger partial charge in [-0.2, -0.15) is 4.99 Å². The minimum Gasteiger partial charge on any atom is -0.442 e. The smallest absolute Gasteiger partial charge is 0.434 e. The van der Waals surface area contributed by atoms with Gasteiger partial charge in [-0.25, -0.2) is 4.79 Å². The molecule has 0 heterocycles. The zero-order valence-corrected chi connectivity index (χ0v) is 8.50. The highest BCUT2D eigenvalue weighted by Gasteiger charge is 2.14. The maximum Gasteiger partial charge on any atom is 0.434 e. The third-order valence-electron chi connectivity index (χ3n) is 0.911. The number of carbonyl (C=O) groups excluding carboxylic acids is 1. The SMILES string of the molecule is C/C(N)=C/C=N/C(=O)OC(C)(C)C. The lowest BCUT2D eigenvalue weighted by atomic mass is 10.2. The monoisotopic (exact) mass is 184 g/mol. The number of aliphatic imine (C=N–C) groups is 1. The quantitative estimate of drug-likeness (QED) is 0.632. The Bertz CT molecular complexity index is 232. The van der Waals surface area contributed by atoms with Crippen LogP contribution in [0.5, 0.6) is 0 Å². The lowest BCUT2D eigenvalue weighted by Crippen LogP contribution is -2.21. The summed E-state index contributed by atoms with van der Waals surface area (Å²) in [6.07, 6.45) is 2.25. The second-order valence-corrected chi connectivity index (χ2v) is 3.67. The summed E-state index contributed by atoms with van der Waals surface area (Å²) in [4.78, 5) is 14.5. The molecular formula is C9H16N2O2. The van der Waals surface area contributed by atoms with Gasteiger partial charge in [0.15, 0.2) is 0 Å². The molecule has 0 atom stereocenters. The summed E-state index contributed by atoms with van der Waals surface area (Å²) in [7, 11) is 0. The van der Waals surface area contributed by atoms with Crippen LogP contribution in [-0.2, 0) is 4.74 Å². The van der Waals surface area contributed by atoms with E-state index in [2.05, 4.69) is 4.99 Å². The largest absolute Gasteiger partial charge is 0.442 e. The number of carbonyl (C=O) groups is 1. The summed E-state index contributed by atoms with van der Waals surface area (Å²) in [6.45, 7) is 7.06. The molecule has 2 N–H and O–H groups in total. The van der Waals surface area contributed by atoms with Crippen LogP contribution >= 0.6 is 0 Å². The van der Waals surface area contributed by atoms with E-state index in [9.17, 15) is 4.79 Å². The van der Waals surface area contributed by atoms with Crippen LogP contribution in [0.1, 0.15) is 27.7 Å². The molecule has 0 aliphatic heterocycles. The fraction of sp³-hybridized carbons (Fsp3) is 0.556. The van der Waals surface area contributed by atoms with Gasteiger partial charge in [0.1, 0.15) is 5.60 Å². The van der Waals surface area contributed by atoms with Crippen LogP contribution in [0.4, 0.5) is 4.79 Å². The third-order valence-corrected chi connectivity index (χ3v) is 0.911. The van der Waals surface area contributed by atoms with E-state index in [4.69, 9.17) is 10.5 Å². The van der Waals surface area contributed by atoms with Gasteiger partial charge in [0.2, 0.25) is 0 Å². The van der Waals surface area contributed by atoms with Crippen molar-refractivity contribution < 1.29 is 9.53 Å². The Balaban J connectivity index is 4.03. The van der Waals surface area contributed by atoms with Crippen LogP contribution in [0, 0.1) is 0 Å². The molecule has 0 fully saturated rings. The third kappa shape index (κ3) is 8.59. The van der Waals surface area contributed by atoms with Gasteiger partial charge in [-0.15, -0.1) is 0 Å². The molecule has 0 bridgehead atoms. The first-order valence-corrected chi connectivity index (χ1v) is 4.00. The number of hydrogen-bond acceptors (Lipinski definition) is 3. The molecule has 4 nitrogen and oxygen atoms in total. The van der Waals surface area contributed by atoms with Crippen LogP contribution in [0.25, 0.3) is 0 Å². The zero-order chi connectivity index (χ0) is 10.5. The second-order valence-electron chi connectivity index (χ2n) is 3.67. The Morgan fingerprint density at radius 1 is 1.46 bits per heavy atom. The highest BCUT2D eigenvalue weighted by atomic mass is 16.6. The molecule has 0 aromatic carbocycles. The number of allylic oxidation sites excluding steroid dienone is 2. The molecule has 0 unspecified atom stereocenters. The molecule has 0 radical (unpaired) electrons. The maximum absolute atomic E-state index is 10.9.